The predicted octanol–water partition coefficient (Wildman–Crippen LogP) is 3.82. The van der Waals surface area contributed by atoms with E-state index in [9.17, 15) is 0 Å². The summed E-state index contributed by atoms with van der Waals surface area (Å²) in [4.78, 5) is 0. The van der Waals surface area contributed by atoms with Crippen molar-refractivity contribution < 1.29 is 23.7 Å². The zero-order valence-corrected chi connectivity index (χ0v) is 26.9. The fourth-order valence-electron chi connectivity index (χ4n) is 9.31. The average molecular weight is 653 g/mol. The van der Waals surface area contributed by atoms with Crippen LogP contribution in [0.25, 0.3) is 0 Å². The molecule has 13 rings (SSSR count). The Hall–Kier alpha value is -6.47. The number of rotatable bonds is 0. The number of benzene rings is 7. The molecular formula is C42H22B3NO5. The van der Waals surface area contributed by atoms with Crippen molar-refractivity contribution in [2.75, 3.05) is 5.32 Å². The standard InChI is InChI=1S/C42H22B3NO5/c1-3-11-30-22(8-1)43-24-18-25-37(20-29(24)46-28-10-5-13-32(47-30)40(28)43)49-35-16-7-17-36-42(35)45(25)27-19-26-38(21-39(27)51-36)50-34-15-6-14-33-41(34)44(26)23-9-2-4-12-31(23)48-33/h1-21,46H. The van der Waals surface area contributed by atoms with Gasteiger partial charge < -0.3 is 29.0 Å². The predicted molar refractivity (Wildman–Crippen MR) is 203 cm³/mol. The second-order valence-corrected chi connectivity index (χ2v) is 14.0. The van der Waals surface area contributed by atoms with E-state index in [1.807, 2.05) is 60.7 Å². The van der Waals surface area contributed by atoms with Crippen LogP contribution in [0.5, 0.6) is 57.5 Å². The first-order chi connectivity index (χ1) is 25.2. The van der Waals surface area contributed by atoms with Crippen molar-refractivity contribution in [2.24, 2.45) is 0 Å². The molecule has 6 heterocycles. The molecule has 0 bridgehead atoms. The molecule has 0 saturated carbocycles. The monoisotopic (exact) mass is 653 g/mol. The maximum absolute atomic E-state index is 6.76. The lowest BCUT2D eigenvalue weighted by molar-refractivity contribution is 0.452. The van der Waals surface area contributed by atoms with E-state index >= 15 is 0 Å². The maximum atomic E-state index is 6.76. The van der Waals surface area contributed by atoms with Crippen LogP contribution in [0.2, 0.25) is 0 Å². The molecule has 0 amide bonds. The lowest BCUT2D eigenvalue weighted by Crippen LogP contribution is -2.63. The molecule has 6 aliphatic heterocycles. The summed E-state index contributed by atoms with van der Waals surface area (Å²) in [6.45, 7) is -0.172. The highest BCUT2D eigenvalue weighted by Gasteiger charge is 2.46. The highest BCUT2D eigenvalue weighted by Crippen LogP contribution is 2.40. The third kappa shape index (κ3) is 3.36. The Morgan fingerprint density at radius 2 is 0.706 bits per heavy atom. The Kier molecular flexibility index (Phi) is 4.76. The van der Waals surface area contributed by atoms with Crippen LogP contribution in [0.3, 0.4) is 0 Å². The van der Waals surface area contributed by atoms with Crippen molar-refractivity contribution in [3.63, 3.8) is 0 Å². The molecule has 1 N–H and O–H groups in total. The molecule has 6 aliphatic rings. The lowest BCUT2D eigenvalue weighted by Gasteiger charge is -2.38. The number of nitrogens with one attached hydrogen (secondary N) is 1. The van der Waals surface area contributed by atoms with Crippen LogP contribution in [0.1, 0.15) is 0 Å². The third-order valence-electron chi connectivity index (χ3n) is 11.4. The molecular weight excluding hydrogens is 631 g/mol. The van der Waals surface area contributed by atoms with Crippen LogP contribution in [0.15, 0.2) is 127 Å². The van der Waals surface area contributed by atoms with Crippen LogP contribution < -0.4 is 78.2 Å². The van der Waals surface area contributed by atoms with Gasteiger partial charge in [0.25, 0.3) is 20.1 Å². The third-order valence-corrected chi connectivity index (χ3v) is 11.4. The van der Waals surface area contributed by atoms with E-state index in [1.54, 1.807) is 0 Å². The van der Waals surface area contributed by atoms with Crippen molar-refractivity contribution >= 4 is 80.7 Å². The maximum Gasteiger partial charge on any atom is 0.260 e. The first kappa shape index (κ1) is 26.4. The number of para-hydroxylation sites is 2. The molecule has 51 heavy (non-hydrogen) atoms. The Balaban J connectivity index is 1.05. The van der Waals surface area contributed by atoms with Crippen LogP contribution in [0, 0.1) is 0 Å². The number of anilines is 2. The van der Waals surface area contributed by atoms with E-state index in [0.717, 1.165) is 113 Å². The van der Waals surface area contributed by atoms with Gasteiger partial charge in [-0.1, -0.05) is 66.7 Å². The summed E-state index contributed by atoms with van der Waals surface area (Å²) in [5.74, 6) is 8.31. The average Bonchev–Trinajstić information content (AvgIpc) is 3.16. The van der Waals surface area contributed by atoms with Crippen molar-refractivity contribution in [3.05, 3.63) is 127 Å². The van der Waals surface area contributed by atoms with Gasteiger partial charge in [-0.15, -0.1) is 0 Å². The van der Waals surface area contributed by atoms with Crippen LogP contribution in [-0.4, -0.2) is 20.1 Å². The largest absolute Gasteiger partial charge is 0.458 e. The van der Waals surface area contributed by atoms with E-state index in [2.05, 4.69) is 72.0 Å². The summed E-state index contributed by atoms with van der Waals surface area (Å²) in [5, 5.41) is 3.73. The summed E-state index contributed by atoms with van der Waals surface area (Å²) in [7, 11) is 0. The van der Waals surface area contributed by atoms with Crippen molar-refractivity contribution in [2.45, 2.75) is 0 Å². The molecule has 0 saturated heterocycles. The molecule has 0 radical (unpaired) electrons. The summed E-state index contributed by atoms with van der Waals surface area (Å²) in [5.41, 5.74) is 12.1. The number of hydrogen-bond acceptors (Lipinski definition) is 6. The van der Waals surface area contributed by atoms with E-state index < -0.39 is 0 Å². The van der Waals surface area contributed by atoms with E-state index in [-0.39, 0.29) is 20.1 Å². The van der Waals surface area contributed by atoms with Crippen molar-refractivity contribution in [1.29, 1.82) is 0 Å². The SMILES string of the molecule is c1ccc2c(c1)Oc1cccc3c1B2c1cc2c(cc1N3)Oc1cccc3c1B2c1cc2c(cc1O3)Oc1cccc3c1B2c1ccccc1O3. The van der Waals surface area contributed by atoms with Gasteiger partial charge in [0.2, 0.25) is 0 Å². The van der Waals surface area contributed by atoms with Crippen LogP contribution in [-0.2, 0) is 0 Å². The minimum Gasteiger partial charge on any atom is -0.458 e. The molecule has 0 fully saturated rings. The van der Waals surface area contributed by atoms with Gasteiger partial charge in [0.1, 0.15) is 57.5 Å². The van der Waals surface area contributed by atoms with E-state index in [0.29, 0.717) is 0 Å². The first-order valence-electron chi connectivity index (χ1n) is 17.3. The number of ether oxygens (including phenoxy) is 5. The fraction of sp³-hybridized carbons (Fsp3) is 0. The summed E-state index contributed by atoms with van der Waals surface area (Å²) >= 11 is 0. The van der Waals surface area contributed by atoms with Gasteiger partial charge in [-0.25, -0.2) is 0 Å². The summed E-state index contributed by atoms with van der Waals surface area (Å²) in [6.07, 6.45) is 0. The van der Waals surface area contributed by atoms with Gasteiger partial charge in [-0.3, -0.25) is 0 Å². The van der Waals surface area contributed by atoms with Gasteiger partial charge in [-0.05, 0) is 86.8 Å². The molecule has 9 heteroatoms. The van der Waals surface area contributed by atoms with Gasteiger partial charge in [-0.2, -0.15) is 0 Å². The molecule has 0 unspecified atom stereocenters. The Labute approximate surface area is 293 Å². The molecule has 0 spiro atoms. The summed E-state index contributed by atoms with van der Waals surface area (Å²) in [6, 6.07) is 44.0. The normalized spacial score (nSPS) is 14.7. The van der Waals surface area contributed by atoms with Gasteiger partial charge in [0.15, 0.2) is 0 Å². The van der Waals surface area contributed by atoms with Gasteiger partial charge in [0.05, 0.1) is 0 Å². The fourth-order valence-corrected chi connectivity index (χ4v) is 9.31. The molecule has 7 aromatic rings. The Morgan fingerprint density at radius 1 is 0.294 bits per heavy atom. The van der Waals surface area contributed by atoms with Crippen LogP contribution >= 0.6 is 0 Å². The van der Waals surface area contributed by atoms with Gasteiger partial charge in [0, 0.05) is 34.4 Å². The Bertz CT molecular complexity index is 2580. The highest BCUT2D eigenvalue weighted by molar-refractivity contribution is 7.02. The zero-order chi connectivity index (χ0) is 32.9. The quantitative estimate of drug-likeness (QED) is 0.252. The number of hydrogen-bond donors (Lipinski definition) is 1. The minimum absolute atomic E-state index is 0.00393. The van der Waals surface area contributed by atoms with E-state index in [1.165, 1.54) is 5.46 Å². The topological polar surface area (TPSA) is 58.2 Å². The smallest absolute Gasteiger partial charge is 0.260 e. The van der Waals surface area contributed by atoms with Gasteiger partial charge >= 0.3 is 0 Å². The molecule has 6 nitrogen and oxygen atoms in total. The van der Waals surface area contributed by atoms with Crippen molar-refractivity contribution in [1.82, 2.24) is 0 Å². The number of fused-ring (bicyclic) bond motifs is 12. The second-order valence-electron chi connectivity index (χ2n) is 14.0. The summed E-state index contributed by atoms with van der Waals surface area (Å²) < 4.78 is 33.0. The molecule has 0 atom stereocenters. The second kappa shape index (κ2) is 9.20. The first-order valence-corrected chi connectivity index (χ1v) is 17.3. The highest BCUT2D eigenvalue weighted by atomic mass is 16.5. The molecule has 0 aromatic heterocycles. The van der Waals surface area contributed by atoms with Crippen molar-refractivity contribution in [3.8, 4) is 57.5 Å². The van der Waals surface area contributed by atoms with Crippen LogP contribution in [0.4, 0.5) is 11.4 Å². The lowest BCUT2D eigenvalue weighted by atomic mass is 9.30. The zero-order valence-electron chi connectivity index (χ0n) is 26.9. The minimum atomic E-state index is -0.127. The molecule has 0 aliphatic carbocycles. The molecule has 234 valence electrons. The Morgan fingerprint density at radius 3 is 1.29 bits per heavy atom. The molecule has 7 aromatic carbocycles. The van der Waals surface area contributed by atoms with E-state index in [4.69, 9.17) is 23.7 Å².